The molecule has 9 aromatic rings. The van der Waals surface area contributed by atoms with Gasteiger partial charge in [0.2, 0.25) is 0 Å². The molecule has 0 aliphatic heterocycles. The van der Waals surface area contributed by atoms with E-state index in [0.29, 0.717) is 0 Å². The van der Waals surface area contributed by atoms with Gasteiger partial charge in [0.25, 0.3) is 0 Å². The Morgan fingerprint density at radius 1 is 0.436 bits per heavy atom. The van der Waals surface area contributed by atoms with Crippen molar-refractivity contribution >= 4 is 65.4 Å². The number of benzene rings is 6. The molecule has 0 spiro atoms. The lowest BCUT2D eigenvalue weighted by Crippen LogP contribution is -1.93. The number of rotatable bonds is 2. The number of nitrogens with one attached hydrogen (secondary N) is 2. The quantitative estimate of drug-likeness (QED) is 0.238. The molecule has 182 valence electrons. The lowest BCUT2D eigenvalue weighted by molar-refractivity contribution is 1.18. The molecule has 3 aromatic heterocycles. The molecule has 0 amide bonds. The van der Waals surface area contributed by atoms with E-state index >= 15 is 0 Å². The van der Waals surface area contributed by atoms with Crippen LogP contribution >= 0.6 is 0 Å². The van der Waals surface area contributed by atoms with Gasteiger partial charge in [-0.05, 0) is 42.0 Å². The first-order valence-corrected chi connectivity index (χ1v) is 13.4. The van der Waals surface area contributed by atoms with Crippen molar-refractivity contribution < 1.29 is 0 Å². The lowest BCUT2D eigenvalue weighted by atomic mass is 10.00. The Labute approximate surface area is 223 Å². The molecule has 3 heteroatoms. The standard InChI is InChI=1S/C36H23N3/c1-2-9-23(10-3-1)39-33-16-7-5-12-26(33)29-19-18-28-27-14-8-13-24(34(27)38-35(28)36(29)39)22-17-20-32-30(21-22)25-11-4-6-15-31(25)37-32/h1-21,37-38H. The first-order valence-electron chi connectivity index (χ1n) is 13.4. The Morgan fingerprint density at radius 3 is 2.08 bits per heavy atom. The van der Waals surface area contributed by atoms with Gasteiger partial charge in [0.15, 0.2) is 0 Å². The van der Waals surface area contributed by atoms with Crippen LogP contribution in [0.2, 0.25) is 0 Å². The molecule has 0 bridgehead atoms. The number of fused-ring (bicyclic) bond motifs is 10. The van der Waals surface area contributed by atoms with Gasteiger partial charge in [-0.25, -0.2) is 0 Å². The van der Waals surface area contributed by atoms with E-state index < -0.39 is 0 Å². The van der Waals surface area contributed by atoms with Gasteiger partial charge in [0, 0.05) is 54.6 Å². The van der Waals surface area contributed by atoms with Gasteiger partial charge in [0.05, 0.1) is 22.1 Å². The normalized spacial score (nSPS) is 12.1. The molecular formula is C36H23N3. The van der Waals surface area contributed by atoms with Gasteiger partial charge in [-0.2, -0.15) is 0 Å². The number of aromatic nitrogens is 3. The summed E-state index contributed by atoms with van der Waals surface area (Å²) in [7, 11) is 0. The van der Waals surface area contributed by atoms with E-state index in [1.54, 1.807) is 0 Å². The maximum absolute atomic E-state index is 3.91. The first kappa shape index (κ1) is 20.7. The third-order valence-electron chi connectivity index (χ3n) is 8.27. The Hall–Kier alpha value is -5.28. The third-order valence-corrected chi connectivity index (χ3v) is 8.27. The molecule has 0 saturated heterocycles. The summed E-state index contributed by atoms with van der Waals surface area (Å²) < 4.78 is 2.40. The average Bonchev–Trinajstić information content (AvgIpc) is 3.66. The Kier molecular flexibility index (Phi) is 4.05. The Bertz CT molecular complexity index is 2380. The summed E-state index contributed by atoms with van der Waals surface area (Å²) in [6, 6.07) is 45.9. The minimum atomic E-state index is 1.16. The van der Waals surface area contributed by atoms with Crippen molar-refractivity contribution in [1.82, 2.24) is 14.5 Å². The van der Waals surface area contributed by atoms with Crippen molar-refractivity contribution in [2.45, 2.75) is 0 Å². The van der Waals surface area contributed by atoms with Crippen LogP contribution < -0.4 is 0 Å². The van der Waals surface area contributed by atoms with Crippen LogP contribution in [-0.2, 0) is 0 Å². The van der Waals surface area contributed by atoms with Crippen LogP contribution in [0.25, 0.3) is 82.2 Å². The minimum absolute atomic E-state index is 1.16. The van der Waals surface area contributed by atoms with Crippen molar-refractivity contribution in [3.8, 4) is 16.8 Å². The second kappa shape index (κ2) is 7.62. The first-order chi connectivity index (χ1) is 19.3. The molecule has 0 saturated carbocycles. The zero-order chi connectivity index (χ0) is 25.5. The van der Waals surface area contributed by atoms with Gasteiger partial charge in [-0.1, -0.05) is 91.0 Å². The summed E-state index contributed by atoms with van der Waals surface area (Å²) >= 11 is 0. The molecule has 2 N–H and O–H groups in total. The molecule has 39 heavy (non-hydrogen) atoms. The molecule has 0 radical (unpaired) electrons. The lowest BCUT2D eigenvalue weighted by Gasteiger charge is -2.08. The van der Waals surface area contributed by atoms with Gasteiger partial charge >= 0.3 is 0 Å². The fraction of sp³-hybridized carbons (Fsp3) is 0. The number of nitrogens with zero attached hydrogens (tertiary/aromatic N) is 1. The van der Waals surface area contributed by atoms with E-state index in [2.05, 4.69) is 142 Å². The monoisotopic (exact) mass is 497 g/mol. The molecular weight excluding hydrogens is 474 g/mol. The third kappa shape index (κ3) is 2.82. The molecule has 0 aliphatic rings. The highest BCUT2D eigenvalue weighted by Gasteiger charge is 2.18. The van der Waals surface area contributed by atoms with E-state index in [1.165, 1.54) is 76.7 Å². The number of hydrogen-bond donors (Lipinski definition) is 2. The average molecular weight is 498 g/mol. The van der Waals surface area contributed by atoms with Crippen molar-refractivity contribution in [2.75, 3.05) is 0 Å². The predicted molar refractivity (Wildman–Crippen MR) is 165 cm³/mol. The molecule has 0 aliphatic carbocycles. The summed E-state index contributed by atoms with van der Waals surface area (Å²) in [6.07, 6.45) is 0. The Balaban J connectivity index is 1.38. The number of para-hydroxylation sites is 4. The number of hydrogen-bond acceptors (Lipinski definition) is 0. The largest absolute Gasteiger partial charge is 0.355 e. The Morgan fingerprint density at radius 2 is 1.15 bits per heavy atom. The van der Waals surface area contributed by atoms with Crippen molar-refractivity contribution in [1.29, 1.82) is 0 Å². The number of aromatic amines is 2. The highest BCUT2D eigenvalue weighted by molar-refractivity contribution is 6.24. The minimum Gasteiger partial charge on any atom is -0.355 e. The van der Waals surface area contributed by atoms with Crippen molar-refractivity contribution in [2.24, 2.45) is 0 Å². The van der Waals surface area contributed by atoms with Crippen molar-refractivity contribution in [3.05, 3.63) is 127 Å². The van der Waals surface area contributed by atoms with Gasteiger partial charge in [-0.3, -0.25) is 0 Å². The summed E-state index contributed by atoms with van der Waals surface area (Å²) in [6.45, 7) is 0. The number of H-pyrrole nitrogens is 2. The molecule has 6 aromatic carbocycles. The van der Waals surface area contributed by atoms with Crippen LogP contribution in [-0.4, -0.2) is 14.5 Å². The van der Waals surface area contributed by atoms with Gasteiger partial charge in [0.1, 0.15) is 0 Å². The molecule has 0 fully saturated rings. The zero-order valence-corrected chi connectivity index (χ0v) is 21.1. The topological polar surface area (TPSA) is 36.5 Å². The van der Waals surface area contributed by atoms with Crippen LogP contribution in [0.3, 0.4) is 0 Å². The van der Waals surface area contributed by atoms with Crippen LogP contribution in [0, 0.1) is 0 Å². The van der Waals surface area contributed by atoms with E-state index in [0.717, 1.165) is 5.52 Å². The van der Waals surface area contributed by atoms with Crippen LogP contribution in [0.5, 0.6) is 0 Å². The highest BCUT2D eigenvalue weighted by Crippen LogP contribution is 2.41. The smallest absolute Gasteiger partial charge is 0.0783 e. The summed E-state index contributed by atoms with van der Waals surface area (Å²) in [4.78, 5) is 7.47. The maximum Gasteiger partial charge on any atom is 0.0783 e. The van der Waals surface area contributed by atoms with Gasteiger partial charge < -0.3 is 14.5 Å². The van der Waals surface area contributed by atoms with Gasteiger partial charge in [-0.15, -0.1) is 0 Å². The summed E-state index contributed by atoms with van der Waals surface area (Å²) in [5.74, 6) is 0. The second-order valence-electron chi connectivity index (χ2n) is 10.4. The van der Waals surface area contributed by atoms with E-state index in [4.69, 9.17) is 0 Å². The molecule has 9 rings (SSSR count). The summed E-state index contributed by atoms with van der Waals surface area (Å²) in [5.41, 5.74) is 10.7. The van der Waals surface area contributed by atoms with E-state index in [1.807, 2.05) is 0 Å². The van der Waals surface area contributed by atoms with E-state index in [9.17, 15) is 0 Å². The van der Waals surface area contributed by atoms with E-state index in [-0.39, 0.29) is 0 Å². The molecule has 3 heterocycles. The van der Waals surface area contributed by atoms with Crippen LogP contribution in [0.15, 0.2) is 127 Å². The second-order valence-corrected chi connectivity index (χ2v) is 10.4. The molecule has 0 unspecified atom stereocenters. The van der Waals surface area contributed by atoms with Crippen LogP contribution in [0.1, 0.15) is 0 Å². The SMILES string of the molecule is c1ccc(-n2c3ccccc3c3ccc4c5cccc(-c6ccc7[nH]c8ccccc8c7c6)c5[nH]c4c32)cc1. The van der Waals surface area contributed by atoms with Crippen LogP contribution in [0.4, 0.5) is 0 Å². The highest BCUT2D eigenvalue weighted by atomic mass is 15.0. The molecule has 0 atom stereocenters. The summed E-state index contributed by atoms with van der Waals surface area (Å²) in [5, 5.41) is 7.52. The fourth-order valence-corrected chi connectivity index (χ4v) is 6.55. The fourth-order valence-electron chi connectivity index (χ4n) is 6.55. The predicted octanol–water partition coefficient (Wildman–Crippen LogP) is 9.72. The van der Waals surface area contributed by atoms with Crippen molar-refractivity contribution in [3.63, 3.8) is 0 Å². The maximum atomic E-state index is 3.91. The molecule has 3 nitrogen and oxygen atoms in total. The zero-order valence-electron chi connectivity index (χ0n) is 21.1.